The highest BCUT2D eigenvalue weighted by Crippen LogP contribution is 2.21. The third-order valence-corrected chi connectivity index (χ3v) is 3.59. The number of rotatable bonds is 4. The van der Waals surface area contributed by atoms with Crippen molar-refractivity contribution in [2.45, 2.75) is 26.1 Å². The fraction of sp³-hybridized carbons (Fsp3) is 0.462. The molecule has 0 unspecified atom stereocenters. The van der Waals surface area contributed by atoms with E-state index in [1.807, 2.05) is 7.05 Å². The zero-order valence-electron chi connectivity index (χ0n) is 11.2. The van der Waals surface area contributed by atoms with Crippen molar-refractivity contribution in [1.82, 2.24) is 20.0 Å². The normalized spacial score (nSPS) is 14.6. The monoisotopic (exact) mass is 338 g/mol. The van der Waals surface area contributed by atoms with Crippen LogP contribution in [0.1, 0.15) is 22.8 Å². The van der Waals surface area contributed by atoms with Crippen molar-refractivity contribution in [3.8, 4) is 0 Å². The molecule has 0 atom stereocenters. The Bertz CT molecular complexity index is 585. The number of halogens is 1. The summed E-state index contributed by atoms with van der Waals surface area (Å²) in [5.74, 6) is 1.74. The average molecular weight is 339 g/mol. The molecular weight excluding hydrogens is 324 g/mol. The van der Waals surface area contributed by atoms with Gasteiger partial charge in [-0.05, 0) is 23.0 Å². The Kier molecular flexibility index (Phi) is 4.09. The molecule has 3 heterocycles. The average Bonchev–Trinajstić information content (AvgIpc) is 2.85. The van der Waals surface area contributed by atoms with Gasteiger partial charge in [-0.2, -0.15) is 0 Å². The molecule has 0 fully saturated rings. The van der Waals surface area contributed by atoms with Crippen LogP contribution in [0, 0.1) is 0 Å². The summed E-state index contributed by atoms with van der Waals surface area (Å²) in [6.07, 6.45) is 4.31. The van der Waals surface area contributed by atoms with Crippen molar-refractivity contribution in [2.24, 2.45) is 0 Å². The summed E-state index contributed by atoms with van der Waals surface area (Å²) in [6, 6.07) is 0. The van der Waals surface area contributed by atoms with Gasteiger partial charge in [0.05, 0.1) is 24.2 Å². The highest BCUT2D eigenvalue weighted by atomic mass is 79.9. The molecule has 0 aliphatic carbocycles. The predicted molar refractivity (Wildman–Crippen MR) is 74.8 cm³/mol. The smallest absolute Gasteiger partial charge is 0.144 e. The highest BCUT2D eigenvalue weighted by Gasteiger charge is 2.20. The molecule has 0 saturated heterocycles. The van der Waals surface area contributed by atoms with Crippen LogP contribution in [0.3, 0.4) is 0 Å². The molecule has 2 aromatic heterocycles. The van der Waals surface area contributed by atoms with Gasteiger partial charge in [-0.25, -0.2) is 9.97 Å². The summed E-state index contributed by atoms with van der Waals surface area (Å²) >= 11 is 3.33. The maximum absolute atomic E-state index is 5.46. The van der Waals surface area contributed by atoms with Crippen LogP contribution in [-0.4, -0.2) is 33.7 Å². The van der Waals surface area contributed by atoms with Crippen molar-refractivity contribution in [1.29, 1.82) is 0 Å². The van der Waals surface area contributed by atoms with Crippen LogP contribution < -0.4 is 0 Å². The van der Waals surface area contributed by atoms with Gasteiger partial charge in [0.15, 0.2) is 0 Å². The van der Waals surface area contributed by atoms with Gasteiger partial charge in [0.2, 0.25) is 0 Å². The Hall–Kier alpha value is -1.31. The first-order chi connectivity index (χ1) is 9.72. The molecule has 0 N–H and O–H groups in total. The first kappa shape index (κ1) is 13.7. The van der Waals surface area contributed by atoms with Gasteiger partial charge < -0.3 is 9.26 Å². The van der Waals surface area contributed by atoms with Crippen LogP contribution in [0.15, 0.2) is 21.4 Å². The van der Waals surface area contributed by atoms with Gasteiger partial charge in [-0.3, -0.25) is 4.90 Å². The molecule has 7 heteroatoms. The van der Waals surface area contributed by atoms with E-state index in [4.69, 9.17) is 9.26 Å². The van der Waals surface area contributed by atoms with Crippen molar-refractivity contribution < 1.29 is 9.26 Å². The van der Waals surface area contributed by atoms with Crippen LogP contribution >= 0.6 is 15.9 Å². The van der Waals surface area contributed by atoms with E-state index < -0.39 is 0 Å². The van der Waals surface area contributed by atoms with Gasteiger partial charge >= 0.3 is 0 Å². The molecule has 20 heavy (non-hydrogen) atoms. The molecule has 2 aromatic rings. The van der Waals surface area contributed by atoms with E-state index in [-0.39, 0.29) is 0 Å². The maximum Gasteiger partial charge on any atom is 0.144 e. The zero-order valence-corrected chi connectivity index (χ0v) is 12.8. The van der Waals surface area contributed by atoms with E-state index in [0.717, 1.165) is 33.7 Å². The lowest BCUT2D eigenvalue weighted by Gasteiger charge is -2.16. The molecule has 0 saturated carbocycles. The molecule has 0 bridgehead atoms. The Morgan fingerprint density at radius 2 is 2.10 bits per heavy atom. The number of hydrogen-bond acceptors (Lipinski definition) is 6. The summed E-state index contributed by atoms with van der Waals surface area (Å²) in [7, 11) is 2.01. The summed E-state index contributed by atoms with van der Waals surface area (Å²) in [5, 5.41) is 4.15. The van der Waals surface area contributed by atoms with Crippen molar-refractivity contribution in [3.63, 3.8) is 0 Å². The van der Waals surface area contributed by atoms with Gasteiger partial charge in [0, 0.05) is 30.9 Å². The molecule has 106 valence electrons. The lowest BCUT2D eigenvalue weighted by molar-refractivity contribution is 0.102. The fourth-order valence-corrected chi connectivity index (χ4v) is 2.38. The van der Waals surface area contributed by atoms with E-state index in [2.05, 4.69) is 36.0 Å². The second kappa shape index (κ2) is 5.99. The SMILES string of the molecule is CN(Cc1ncc(Br)cn1)Cc1noc2c1COCC2. The van der Waals surface area contributed by atoms with Gasteiger partial charge in [0.25, 0.3) is 0 Å². The van der Waals surface area contributed by atoms with Crippen molar-refractivity contribution in [3.05, 3.63) is 39.7 Å². The topological polar surface area (TPSA) is 64.3 Å². The number of fused-ring (bicyclic) bond motifs is 1. The summed E-state index contributed by atoms with van der Waals surface area (Å²) in [6.45, 7) is 2.67. The van der Waals surface area contributed by atoms with Crippen molar-refractivity contribution in [2.75, 3.05) is 13.7 Å². The number of ether oxygens (including phenoxy) is 1. The van der Waals surface area contributed by atoms with Crippen LogP contribution in [0.4, 0.5) is 0 Å². The van der Waals surface area contributed by atoms with E-state index >= 15 is 0 Å². The van der Waals surface area contributed by atoms with E-state index in [9.17, 15) is 0 Å². The van der Waals surface area contributed by atoms with E-state index in [1.165, 1.54) is 0 Å². The van der Waals surface area contributed by atoms with Gasteiger partial charge in [0.1, 0.15) is 17.3 Å². The van der Waals surface area contributed by atoms with Crippen LogP contribution in [0.5, 0.6) is 0 Å². The van der Waals surface area contributed by atoms with Gasteiger partial charge in [-0.15, -0.1) is 0 Å². The van der Waals surface area contributed by atoms with Crippen LogP contribution in [0.2, 0.25) is 0 Å². The summed E-state index contributed by atoms with van der Waals surface area (Å²) in [4.78, 5) is 10.6. The molecule has 0 amide bonds. The third-order valence-electron chi connectivity index (χ3n) is 3.18. The number of nitrogens with zero attached hydrogens (tertiary/aromatic N) is 4. The Morgan fingerprint density at radius 3 is 2.90 bits per heavy atom. The molecule has 1 aliphatic heterocycles. The molecule has 0 radical (unpaired) electrons. The maximum atomic E-state index is 5.46. The summed E-state index contributed by atoms with van der Waals surface area (Å²) in [5.41, 5.74) is 2.04. The fourth-order valence-electron chi connectivity index (χ4n) is 2.18. The van der Waals surface area contributed by atoms with Gasteiger partial charge in [-0.1, -0.05) is 5.16 Å². The van der Waals surface area contributed by atoms with Crippen LogP contribution in [0.25, 0.3) is 0 Å². The minimum atomic E-state index is 0.594. The predicted octanol–water partition coefficient (Wildman–Crippen LogP) is 1.93. The van der Waals surface area contributed by atoms with Crippen molar-refractivity contribution >= 4 is 15.9 Å². The highest BCUT2D eigenvalue weighted by molar-refractivity contribution is 9.10. The first-order valence-electron chi connectivity index (χ1n) is 6.41. The Morgan fingerprint density at radius 1 is 1.30 bits per heavy atom. The molecule has 6 nitrogen and oxygen atoms in total. The first-order valence-corrected chi connectivity index (χ1v) is 7.20. The molecule has 0 aromatic carbocycles. The second-order valence-corrected chi connectivity index (χ2v) is 5.74. The number of hydrogen-bond donors (Lipinski definition) is 0. The molecule has 3 rings (SSSR count). The van der Waals surface area contributed by atoms with E-state index in [0.29, 0.717) is 26.3 Å². The zero-order chi connectivity index (χ0) is 13.9. The Labute approximate surface area is 125 Å². The minimum absolute atomic E-state index is 0.594. The minimum Gasteiger partial charge on any atom is -0.376 e. The van der Waals surface area contributed by atoms with E-state index in [1.54, 1.807) is 12.4 Å². The lowest BCUT2D eigenvalue weighted by atomic mass is 10.1. The molecule has 1 aliphatic rings. The number of aromatic nitrogens is 3. The quantitative estimate of drug-likeness (QED) is 0.848. The molecular formula is C13H15BrN4O2. The lowest BCUT2D eigenvalue weighted by Crippen LogP contribution is -2.20. The molecule has 0 spiro atoms. The third kappa shape index (κ3) is 3.05. The largest absolute Gasteiger partial charge is 0.376 e. The Balaban J connectivity index is 1.65. The standard InChI is InChI=1S/C13H15BrN4O2/c1-18(7-13-15-4-9(14)5-16-13)6-11-10-8-19-3-2-12(10)20-17-11/h4-5H,2-3,6-8H2,1H3. The summed E-state index contributed by atoms with van der Waals surface area (Å²) < 4.78 is 11.7. The second-order valence-electron chi connectivity index (χ2n) is 4.82. The van der Waals surface area contributed by atoms with Crippen LogP contribution in [-0.2, 0) is 30.9 Å².